The number of aliphatic hydroxyl groups excluding tert-OH is 1. The van der Waals surface area contributed by atoms with E-state index in [0.717, 1.165) is 0 Å². The Morgan fingerprint density at radius 3 is 2.03 bits per heavy atom. The molecule has 0 aromatic heterocycles. The van der Waals surface area contributed by atoms with Gasteiger partial charge in [0.15, 0.2) is 6.04 Å². The summed E-state index contributed by atoms with van der Waals surface area (Å²) >= 11 is 5.46. The van der Waals surface area contributed by atoms with Crippen molar-refractivity contribution in [1.82, 2.24) is 16.0 Å². The largest absolute Gasteiger partial charge is 0.480 e. The molecule has 10 nitrogen and oxygen atoms in total. The van der Waals surface area contributed by atoms with Crippen molar-refractivity contribution in [2.75, 3.05) is 17.8 Å². The number of nitrogens with one attached hydrogen (secondary N) is 3. The quantitative estimate of drug-likeness (QED) is 0.159. The van der Waals surface area contributed by atoms with E-state index in [2.05, 4.69) is 28.6 Å². The average Bonchev–Trinajstić information content (AvgIpc) is 2.70. The van der Waals surface area contributed by atoms with Crippen LogP contribution in [0.5, 0.6) is 0 Å². The lowest BCUT2D eigenvalue weighted by atomic mass is 9.97. The smallest absolute Gasteiger partial charge is 0.328 e. The van der Waals surface area contributed by atoms with Crippen LogP contribution >= 0.6 is 24.4 Å². The van der Waals surface area contributed by atoms with Crippen molar-refractivity contribution < 1.29 is 29.4 Å². The second-order valence-electron chi connectivity index (χ2n) is 7.07. The lowest BCUT2D eigenvalue weighted by molar-refractivity contribution is -0.145. The molecule has 7 N–H and O–H groups in total. The highest BCUT2D eigenvalue weighted by atomic mass is 32.2. The van der Waals surface area contributed by atoms with Crippen molar-refractivity contribution in [2.24, 2.45) is 11.7 Å². The molecule has 0 radical (unpaired) electrons. The van der Waals surface area contributed by atoms with E-state index in [1.807, 2.05) is 13.2 Å². The Bertz CT molecular complexity index is 593. The molecular weight excluding hydrogens is 432 g/mol. The Hall–Kier alpha value is -1.50. The topological polar surface area (TPSA) is 171 Å². The van der Waals surface area contributed by atoms with Gasteiger partial charge < -0.3 is 31.9 Å². The van der Waals surface area contributed by atoms with E-state index in [-0.39, 0.29) is 11.7 Å². The fourth-order valence-corrected chi connectivity index (χ4v) is 3.09. The monoisotopic (exact) mass is 466 g/mol. The zero-order valence-corrected chi connectivity index (χ0v) is 19.5. The number of thiol groups is 1. The van der Waals surface area contributed by atoms with Crippen LogP contribution in [-0.2, 0) is 19.2 Å². The van der Waals surface area contributed by atoms with Crippen molar-refractivity contribution in [3.05, 3.63) is 0 Å². The second-order valence-corrected chi connectivity index (χ2v) is 8.42. The Labute approximate surface area is 186 Å². The number of carbonyl (C=O) groups is 4. The number of hydrogen-bond donors (Lipinski definition) is 7. The number of nitrogens with two attached hydrogens (primary N) is 1. The molecule has 0 aromatic carbocycles. The van der Waals surface area contributed by atoms with Gasteiger partial charge in [-0.15, -0.1) is 0 Å². The Kier molecular flexibility index (Phi) is 13.8. The first-order valence-electron chi connectivity index (χ1n) is 9.67. The molecule has 0 bridgehead atoms. The van der Waals surface area contributed by atoms with E-state index in [1.54, 1.807) is 6.92 Å². The van der Waals surface area contributed by atoms with E-state index in [1.165, 1.54) is 18.7 Å². The third kappa shape index (κ3) is 9.54. The number of hydrogen-bond acceptors (Lipinski definition) is 8. The fourth-order valence-electron chi connectivity index (χ4n) is 2.45. The van der Waals surface area contributed by atoms with Crippen LogP contribution in [-0.4, -0.2) is 81.9 Å². The number of aliphatic carboxylic acids is 1. The minimum Gasteiger partial charge on any atom is -0.480 e. The van der Waals surface area contributed by atoms with Gasteiger partial charge in [0.2, 0.25) is 17.7 Å². The Morgan fingerprint density at radius 1 is 1.03 bits per heavy atom. The summed E-state index contributed by atoms with van der Waals surface area (Å²) in [6, 6.07) is -4.35. The van der Waals surface area contributed by atoms with Gasteiger partial charge in [0, 0.05) is 5.75 Å². The summed E-state index contributed by atoms with van der Waals surface area (Å²) in [7, 11) is 0. The van der Waals surface area contributed by atoms with Crippen LogP contribution in [0.1, 0.15) is 33.6 Å². The van der Waals surface area contributed by atoms with E-state index < -0.39 is 54.0 Å². The van der Waals surface area contributed by atoms with E-state index >= 15 is 0 Å². The standard InChI is InChI=1S/C18H34N4O6S2/c1-5-9(2)13(17(26)22-14(10(3)23)18(27)28)21-16(25)12(6-7-30-4)20-15(24)11(19)8-29/h9-14,23,29H,5-8,19H2,1-4H3,(H,20,24)(H,21,25)(H,22,26)(H,27,28). The molecule has 0 aliphatic heterocycles. The number of rotatable bonds is 14. The van der Waals surface area contributed by atoms with E-state index in [4.69, 9.17) is 5.73 Å². The lowest BCUT2D eigenvalue weighted by Gasteiger charge is -2.28. The number of amides is 3. The van der Waals surface area contributed by atoms with E-state index in [0.29, 0.717) is 18.6 Å². The van der Waals surface area contributed by atoms with Gasteiger partial charge in [-0.2, -0.15) is 24.4 Å². The maximum atomic E-state index is 12.8. The van der Waals surface area contributed by atoms with Gasteiger partial charge in [0.05, 0.1) is 12.1 Å². The summed E-state index contributed by atoms with van der Waals surface area (Å²) < 4.78 is 0. The summed E-state index contributed by atoms with van der Waals surface area (Å²) in [6.07, 6.45) is 1.37. The minimum absolute atomic E-state index is 0.108. The van der Waals surface area contributed by atoms with Gasteiger partial charge in [-0.25, -0.2) is 4.79 Å². The van der Waals surface area contributed by atoms with Gasteiger partial charge in [0.25, 0.3) is 0 Å². The van der Waals surface area contributed by atoms with Crippen molar-refractivity contribution >= 4 is 48.1 Å². The van der Waals surface area contributed by atoms with Crippen LogP contribution in [0.25, 0.3) is 0 Å². The summed E-state index contributed by atoms with van der Waals surface area (Å²) in [5.74, 6) is -2.86. The average molecular weight is 467 g/mol. The fraction of sp³-hybridized carbons (Fsp3) is 0.778. The first-order chi connectivity index (χ1) is 14.0. The van der Waals surface area contributed by atoms with Crippen molar-refractivity contribution in [3.8, 4) is 0 Å². The third-order valence-electron chi connectivity index (χ3n) is 4.62. The molecule has 12 heteroatoms. The zero-order valence-electron chi connectivity index (χ0n) is 17.8. The van der Waals surface area contributed by atoms with Gasteiger partial charge in [-0.05, 0) is 31.3 Å². The first kappa shape index (κ1) is 28.5. The Morgan fingerprint density at radius 2 is 1.60 bits per heavy atom. The van der Waals surface area contributed by atoms with Crippen LogP contribution in [0.2, 0.25) is 0 Å². The lowest BCUT2D eigenvalue weighted by Crippen LogP contribution is -2.60. The molecule has 3 amide bonds. The van der Waals surface area contributed by atoms with Gasteiger partial charge >= 0.3 is 5.97 Å². The zero-order chi connectivity index (χ0) is 23.4. The van der Waals surface area contributed by atoms with Crippen LogP contribution in [0, 0.1) is 5.92 Å². The molecule has 174 valence electrons. The molecule has 0 fully saturated rings. The molecule has 6 atom stereocenters. The molecule has 0 aromatic rings. The van der Waals surface area contributed by atoms with Crippen LogP contribution in [0.3, 0.4) is 0 Å². The highest BCUT2D eigenvalue weighted by molar-refractivity contribution is 7.98. The minimum atomic E-state index is -1.51. The molecule has 0 aliphatic carbocycles. The van der Waals surface area contributed by atoms with Crippen molar-refractivity contribution in [2.45, 2.75) is 63.9 Å². The maximum absolute atomic E-state index is 12.8. The van der Waals surface area contributed by atoms with Gasteiger partial charge in [-0.1, -0.05) is 20.3 Å². The van der Waals surface area contributed by atoms with Crippen LogP contribution in [0.15, 0.2) is 0 Å². The maximum Gasteiger partial charge on any atom is 0.328 e. The predicted octanol–water partition coefficient (Wildman–Crippen LogP) is -1.04. The molecule has 30 heavy (non-hydrogen) atoms. The molecule has 0 rings (SSSR count). The highest BCUT2D eigenvalue weighted by Gasteiger charge is 2.33. The molecule has 0 saturated carbocycles. The summed E-state index contributed by atoms with van der Waals surface area (Å²) in [6.45, 7) is 4.79. The first-order valence-corrected chi connectivity index (χ1v) is 11.7. The van der Waals surface area contributed by atoms with Crippen LogP contribution in [0.4, 0.5) is 0 Å². The molecule has 0 heterocycles. The third-order valence-corrected chi connectivity index (χ3v) is 5.65. The van der Waals surface area contributed by atoms with Gasteiger partial charge in [0.1, 0.15) is 12.1 Å². The number of carboxylic acids is 1. The molecule has 0 saturated heterocycles. The number of aliphatic hydroxyl groups is 1. The number of carbonyl (C=O) groups excluding carboxylic acids is 3. The summed E-state index contributed by atoms with van der Waals surface area (Å²) in [5, 5.41) is 26.2. The van der Waals surface area contributed by atoms with E-state index in [9.17, 15) is 29.4 Å². The number of thioether (sulfide) groups is 1. The van der Waals surface area contributed by atoms with Crippen molar-refractivity contribution in [3.63, 3.8) is 0 Å². The summed E-state index contributed by atoms with van der Waals surface area (Å²) in [4.78, 5) is 48.9. The molecule has 6 unspecified atom stereocenters. The second kappa shape index (κ2) is 14.5. The number of carboxylic acid groups (broad SMARTS) is 1. The molecule has 0 spiro atoms. The Balaban J connectivity index is 5.46. The van der Waals surface area contributed by atoms with Gasteiger partial charge in [-0.3, -0.25) is 14.4 Å². The molecule has 0 aliphatic rings. The van der Waals surface area contributed by atoms with Crippen molar-refractivity contribution in [1.29, 1.82) is 0 Å². The SMILES string of the molecule is CCC(C)C(NC(=O)C(CCSC)NC(=O)C(N)CS)C(=O)NC(C(=O)O)C(C)O. The predicted molar refractivity (Wildman–Crippen MR) is 119 cm³/mol. The van der Waals surface area contributed by atoms with Crippen LogP contribution < -0.4 is 21.7 Å². The normalized spacial score (nSPS) is 17.0. The summed E-state index contributed by atoms with van der Waals surface area (Å²) in [5.41, 5.74) is 5.66. The molecular formula is C18H34N4O6S2. The highest BCUT2D eigenvalue weighted by Crippen LogP contribution is 2.11.